The summed E-state index contributed by atoms with van der Waals surface area (Å²) in [7, 11) is 0. The molecular formula is C27H38O5. The molecule has 1 aromatic rings. The van der Waals surface area contributed by atoms with E-state index in [-0.39, 0.29) is 28.9 Å². The van der Waals surface area contributed by atoms with Crippen LogP contribution in [0.3, 0.4) is 0 Å². The van der Waals surface area contributed by atoms with Crippen LogP contribution in [0, 0.1) is 23.2 Å². The van der Waals surface area contributed by atoms with Crippen molar-refractivity contribution in [2.75, 3.05) is 6.61 Å². The van der Waals surface area contributed by atoms with Gasteiger partial charge in [-0.3, -0.25) is 0 Å². The first-order valence-corrected chi connectivity index (χ1v) is 11.8. The van der Waals surface area contributed by atoms with Gasteiger partial charge in [0.05, 0.1) is 18.1 Å². The van der Waals surface area contributed by atoms with Crippen LogP contribution in [0.1, 0.15) is 71.4 Å². The molecule has 0 bridgehead atoms. The third-order valence-electron chi connectivity index (χ3n) is 8.73. The number of aliphatic hydroxyl groups excluding tert-OH is 1. The lowest BCUT2D eigenvalue weighted by molar-refractivity contribution is -0.324. The highest BCUT2D eigenvalue weighted by Gasteiger charge is 2.73. The number of phenols is 2. The number of phenolic OH excluding ortho intramolecular Hbond substituents is 2. The fraction of sp³-hybridized carbons (Fsp3) is 0.630. The third kappa shape index (κ3) is 3.19. The molecular weight excluding hydrogens is 404 g/mol. The Bertz CT molecular complexity index is 977. The van der Waals surface area contributed by atoms with Gasteiger partial charge in [-0.15, -0.1) is 0 Å². The van der Waals surface area contributed by atoms with Crippen molar-refractivity contribution in [3.8, 4) is 11.5 Å². The highest BCUT2D eigenvalue weighted by atomic mass is 16.7. The second-order valence-corrected chi connectivity index (χ2v) is 11.2. The van der Waals surface area contributed by atoms with Crippen molar-refractivity contribution in [3.05, 3.63) is 46.7 Å². The molecule has 5 nitrogen and oxygen atoms in total. The van der Waals surface area contributed by atoms with Crippen molar-refractivity contribution < 1.29 is 24.8 Å². The van der Waals surface area contributed by atoms with Crippen molar-refractivity contribution in [1.29, 1.82) is 0 Å². The van der Waals surface area contributed by atoms with E-state index in [1.165, 1.54) is 0 Å². The molecule has 2 aliphatic heterocycles. The van der Waals surface area contributed by atoms with Crippen molar-refractivity contribution in [3.63, 3.8) is 0 Å². The monoisotopic (exact) mass is 442 g/mol. The number of fused-ring (bicyclic) bond motifs is 2. The molecule has 1 spiro atoms. The van der Waals surface area contributed by atoms with Crippen molar-refractivity contribution in [2.24, 2.45) is 16.2 Å². The summed E-state index contributed by atoms with van der Waals surface area (Å²) < 4.78 is 13.1. The number of aliphatic hydroxyl groups is 1. The number of rotatable bonds is 4. The summed E-state index contributed by atoms with van der Waals surface area (Å²) in [4.78, 5) is 0. The summed E-state index contributed by atoms with van der Waals surface area (Å²) in [6.07, 6.45) is 8.16. The van der Waals surface area contributed by atoms with Crippen LogP contribution >= 0.6 is 0 Å². The molecule has 0 amide bonds. The normalized spacial score (nSPS) is 36.2. The zero-order valence-corrected chi connectivity index (χ0v) is 20.3. The molecule has 1 saturated heterocycles. The van der Waals surface area contributed by atoms with Gasteiger partial charge in [-0.05, 0) is 56.9 Å². The Morgan fingerprint density at radius 1 is 1.16 bits per heavy atom. The molecule has 1 aliphatic carbocycles. The van der Waals surface area contributed by atoms with Gasteiger partial charge in [0.2, 0.25) is 5.79 Å². The second-order valence-electron chi connectivity index (χ2n) is 11.2. The highest BCUT2D eigenvalue weighted by molar-refractivity contribution is 5.46. The van der Waals surface area contributed by atoms with Crippen molar-refractivity contribution in [1.82, 2.24) is 0 Å². The molecule has 0 radical (unpaired) electrons. The van der Waals surface area contributed by atoms with Gasteiger partial charge < -0.3 is 24.8 Å². The number of hydrogen-bond donors (Lipinski definition) is 3. The van der Waals surface area contributed by atoms with Gasteiger partial charge in [-0.1, -0.05) is 45.8 Å². The number of benzene rings is 1. The first kappa shape index (κ1) is 23.2. The third-order valence-corrected chi connectivity index (χ3v) is 8.73. The number of aryl methyl sites for hydroxylation is 1. The van der Waals surface area contributed by atoms with Crippen LogP contribution in [-0.2, 0) is 15.9 Å². The summed E-state index contributed by atoms with van der Waals surface area (Å²) in [5.74, 6) is 0.409. The van der Waals surface area contributed by atoms with Gasteiger partial charge in [0.25, 0.3) is 0 Å². The maximum atomic E-state index is 10.8. The van der Waals surface area contributed by atoms with E-state index < -0.39 is 17.3 Å². The van der Waals surface area contributed by atoms with Crippen molar-refractivity contribution >= 4 is 0 Å². The topological polar surface area (TPSA) is 79.2 Å². The van der Waals surface area contributed by atoms with E-state index in [0.717, 1.165) is 30.6 Å². The van der Waals surface area contributed by atoms with Gasteiger partial charge in [0.15, 0.2) is 0 Å². The number of ether oxygens (including phenoxy) is 2. The van der Waals surface area contributed by atoms with Crippen LogP contribution in [0.2, 0.25) is 0 Å². The first-order chi connectivity index (χ1) is 14.9. The van der Waals surface area contributed by atoms with Gasteiger partial charge in [0.1, 0.15) is 17.3 Å². The standard InChI is InChI=1S/C27H38O5/c1-17(8-9-19-14-20(28)13-18(2)23(19)30)12-21-15-25(5)10-7-11-26(25,6)27(32-21)24(3,4)22(29)16-31-27/h8,13-15,22,28-30H,7,9-12,16H2,1-6H3/b17-8+/t22-,25+,26+,27+/m1/s1. The Morgan fingerprint density at radius 3 is 2.53 bits per heavy atom. The molecule has 1 saturated carbocycles. The minimum atomic E-state index is -0.865. The van der Waals surface area contributed by atoms with Crippen LogP contribution in [0.15, 0.2) is 35.6 Å². The predicted octanol–water partition coefficient (Wildman–Crippen LogP) is 5.51. The lowest BCUT2D eigenvalue weighted by Crippen LogP contribution is -2.63. The molecule has 5 heteroatoms. The molecule has 2 fully saturated rings. The van der Waals surface area contributed by atoms with E-state index >= 15 is 0 Å². The lowest BCUT2D eigenvalue weighted by atomic mass is 9.55. The van der Waals surface area contributed by atoms with E-state index in [1.807, 2.05) is 0 Å². The molecule has 32 heavy (non-hydrogen) atoms. The molecule has 0 unspecified atom stereocenters. The van der Waals surface area contributed by atoms with Crippen LogP contribution in [-0.4, -0.2) is 33.8 Å². The summed E-state index contributed by atoms with van der Waals surface area (Å²) in [6, 6.07) is 3.17. The average molecular weight is 443 g/mol. The molecule has 3 N–H and O–H groups in total. The first-order valence-electron chi connectivity index (χ1n) is 11.8. The minimum Gasteiger partial charge on any atom is -0.508 e. The van der Waals surface area contributed by atoms with Gasteiger partial charge in [0, 0.05) is 22.8 Å². The maximum absolute atomic E-state index is 10.8. The van der Waals surface area contributed by atoms with Gasteiger partial charge >= 0.3 is 0 Å². The minimum absolute atomic E-state index is 0.0667. The predicted molar refractivity (Wildman–Crippen MR) is 124 cm³/mol. The van der Waals surface area contributed by atoms with Crippen LogP contribution in [0.4, 0.5) is 0 Å². The molecule has 4 atom stereocenters. The van der Waals surface area contributed by atoms with Crippen LogP contribution in [0.5, 0.6) is 11.5 Å². The number of hydrogen-bond acceptors (Lipinski definition) is 5. The fourth-order valence-corrected chi connectivity index (χ4v) is 6.37. The molecule has 176 valence electrons. The largest absolute Gasteiger partial charge is 0.508 e. The van der Waals surface area contributed by atoms with Crippen LogP contribution in [0.25, 0.3) is 0 Å². The maximum Gasteiger partial charge on any atom is 0.224 e. The van der Waals surface area contributed by atoms with E-state index in [9.17, 15) is 15.3 Å². The number of aromatic hydroxyl groups is 2. The number of allylic oxidation sites excluding steroid dienone is 3. The summed E-state index contributed by atoms with van der Waals surface area (Å²) in [5.41, 5.74) is 1.67. The molecule has 4 rings (SSSR count). The summed E-state index contributed by atoms with van der Waals surface area (Å²) in [5, 5.41) is 31.0. The Kier molecular flexibility index (Phi) is 5.45. The Labute approximate surface area is 191 Å². The van der Waals surface area contributed by atoms with E-state index in [1.54, 1.807) is 19.1 Å². The van der Waals surface area contributed by atoms with E-state index in [2.05, 4.69) is 46.8 Å². The highest BCUT2D eigenvalue weighted by Crippen LogP contribution is 2.69. The van der Waals surface area contributed by atoms with Gasteiger partial charge in [-0.2, -0.15) is 0 Å². The van der Waals surface area contributed by atoms with E-state index in [0.29, 0.717) is 24.0 Å². The zero-order chi connectivity index (χ0) is 23.5. The lowest BCUT2D eigenvalue weighted by Gasteiger charge is -2.59. The van der Waals surface area contributed by atoms with E-state index in [4.69, 9.17) is 9.47 Å². The zero-order valence-electron chi connectivity index (χ0n) is 20.3. The summed E-state index contributed by atoms with van der Waals surface area (Å²) in [6.45, 7) is 12.8. The van der Waals surface area contributed by atoms with Gasteiger partial charge in [-0.25, -0.2) is 0 Å². The van der Waals surface area contributed by atoms with Crippen molar-refractivity contribution in [2.45, 2.75) is 85.5 Å². The average Bonchev–Trinajstić information content (AvgIpc) is 3.13. The quantitative estimate of drug-likeness (QED) is 0.423. The second kappa shape index (κ2) is 7.53. The SMILES string of the molecule is C/C(=C\Cc1cc(O)cc(C)c1O)CC1=C[C@]2(C)CCC[C@]2(C)[C@@]2(OC[C@@H](O)C2(C)C)O1. The summed E-state index contributed by atoms with van der Waals surface area (Å²) >= 11 is 0. The molecule has 3 aliphatic rings. The Morgan fingerprint density at radius 2 is 1.88 bits per heavy atom. The molecule has 1 aromatic carbocycles. The molecule has 2 heterocycles. The fourth-order valence-electron chi connectivity index (χ4n) is 6.37. The van der Waals surface area contributed by atoms with Crippen LogP contribution < -0.4 is 0 Å². The Hall–Kier alpha value is -1.98. The Balaban J connectivity index is 1.63. The molecule has 0 aromatic heterocycles. The smallest absolute Gasteiger partial charge is 0.224 e.